The molecule has 0 radical (unpaired) electrons. The largest absolute Gasteiger partial charge is 0.440 e. The maximum atomic E-state index is 5.13. The molecular weight excluding hydrogens is 222 g/mol. The second kappa shape index (κ2) is 5.67. The van der Waals surface area contributed by atoms with Gasteiger partial charge in [-0.25, -0.2) is 9.97 Å². The first kappa shape index (κ1) is 11.2. The lowest BCUT2D eigenvalue weighted by Gasteiger charge is -2.02. The molecule has 2 rings (SSSR count). The van der Waals surface area contributed by atoms with E-state index in [4.69, 9.17) is 4.42 Å². The van der Waals surface area contributed by atoms with Crippen molar-refractivity contribution >= 4 is 11.8 Å². The highest BCUT2D eigenvalue weighted by Crippen LogP contribution is 2.23. The van der Waals surface area contributed by atoms with Gasteiger partial charge in [0.25, 0.3) is 5.22 Å². The van der Waals surface area contributed by atoms with Crippen LogP contribution in [0.1, 0.15) is 12.5 Å². The van der Waals surface area contributed by atoms with E-state index >= 15 is 0 Å². The minimum Gasteiger partial charge on any atom is -0.440 e. The number of rotatable bonds is 5. The molecule has 0 atom stereocenters. The molecule has 0 saturated carbocycles. The minimum absolute atomic E-state index is 0.618. The zero-order valence-corrected chi connectivity index (χ0v) is 9.83. The average Bonchev–Trinajstić information content (AvgIpc) is 2.81. The fraction of sp³-hybridized carbons (Fsp3) is 0.273. The van der Waals surface area contributed by atoms with Crippen molar-refractivity contribution in [1.82, 2.24) is 15.3 Å². The van der Waals surface area contributed by atoms with E-state index in [0.29, 0.717) is 5.22 Å². The van der Waals surface area contributed by atoms with Gasteiger partial charge in [-0.3, -0.25) is 0 Å². The zero-order valence-electron chi connectivity index (χ0n) is 9.01. The summed E-state index contributed by atoms with van der Waals surface area (Å²) in [6.07, 6.45) is 5.05. The predicted molar refractivity (Wildman–Crippen MR) is 62.2 cm³/mol. The molecular formula is C11H13N3OS. The summed E-state index contributed by atoms with van der Waals surface area (Å²) in [6, 6.07) is 4.03. The van der Waals surface area contributed by atoms with Gasteiger partial charge in [0.05, 0.1) is 6.20 Å². The van der Waals surface area contributed by atoms with Gasteiger partial charge in [0.1, 0.15) is 11.3 Å². The van der Waals surface area contributed by atoms with E-state index in [0.717, 1.165) is 18.1 Å². The Labute approximate surface area is 98.5 Å². The van der Waals surface area contributed by atoms with Gasteiger partial charge < -0.3 is 9.73 Å². The molecule has 0 amide bonds. The molecule has 5 heteroatoms. The van der Waals surface area contributed by atoms with Crippen molar-refractivity contribution in [3.05, 3.63) is 36.4 Å². The molecule has 0 bridgehead atoms. The number of oxazole rings is 1. The predicted octanol–water partition coefficient (Wildman–Crippen LogP) is 2.33. The molecule has 0 fully saturated rings. The Morgan fingerprint density at radius 1 is 1.38 bits per heavy atom. The third-order valence-electron chi connectivity index (χ3n) is 1.98. The Bertz CT molecular complexity index is 413. The maximum Gasteiger partial charge on any atom is 0.261 e. The first-order chi connectivity index (χ1) is 7.88. The fourth-order valence-corrected chi connectivity index (χ4v) is 1.83. The topological polar surface area (TPSA) is 51.0 Å². The summed E-state index contributed by atoms with van der Waals surface area (Å²) in [7, 11) is 0. The Hall–Kier alpha value is -1.33. The monoisotopic (exact) mass is 235 g/mol. The molecule has 2 aromatic rings. The van der Waals surface area contributed by atoms with E-state index in [1.165, 1.54) is 17.3 Å². The van der Waals surface area contributed by atoms with E-state index in [2.05, 4.69) is 28.3 Å². The summed E-state index contributed by atoms with van der Waals surface area (Å²) < 4.78 is 5.13. The normalized spacial score (nSPS) is 10.6. The lowest BCUT2D eigenvalue weighted by molar-refractivity contribution is 0.454. The van der Waals surface area contributed by atoms with Crippen molar-refractivity contribution in [3.63, 3.8) is 0 Å². The number of nitrogens with zero attached hydrogens (tertiary/aromatic N) is 2. The molecule has 0 spiro atoms. The smallest absolute Gasteiger partial charge is 0.261 e. The highest BCUT2D eigenvalue weighted by Gasteiger charge is 2.02. The van der Waals surface area contributed by atoms with E-state index in [9.17, 15) is 0 Å². The Balaban J connectivity index is 1.96. The first-order valence-corrected chi connectivity index (χ1v) is 5.93. The van der Waals surface area contributed by atoms with Crippen LogP contribution in [0.5, 0.6) is 0 Å². The maximum absolute atomic E-state index is 5.13. The highest BCUT2D eigenvalue weighted by molar-refractivity contribution is 7.99. The molecule has 0 aliphatic carbocycles. The fourth-order valence-electron chi connectivity index (χ4n) is 1.20. The van der Waals surface area contributed by atoms with Crippen molar-refractivity contribution in [2.75, 3.05) is 6.54 Å². The van der Waals surface area contributed by atoms with E-state index < -0.39 is 0 Å². The van der Waals surface area contributed by atoms with Crippen LogP contribution in [0.4, 0.5) is 0 Å². The van der Waals surface area contributed by atoms with Gasteiger partial charge in [-0.15, -0.1) is 0 Å². The molecule has 0 aliphatic heterocycles. The number of pyridine rings is 1. The van der Waals surface area contributed by atoms with E-state index in [1.807, 2.05) is 12.3 Å². The van der Waals surface area contributed by atoms with Crippen LogP contribution in [0.15, 0.2) is 45.5 Å². The van der Waals surface area contributed by atoms with Gasteiger partial charge in [0.15, 0.2) is 0 Å². The molecule has 16 heavy (non-hydrogen) atoms. The lowest BCUT2D eigenvalue weighted by atomic mass is 10.3. The van der Waals surface area contributed by atoms with Gasteiger partial charge in [-0.05, 0) is 29.9 Å². The molecule has 4 nitrogen and oxygen atoms in total. The van der Waals surface area contributed by atoms with Crippen LogP contribution in [0.2, 0.25) is 0 Å². The Morgan fingerprint density at radius 2 is 2.31 bits per heavy atom. The van der Waals surface area contributed by atoms with Gasteiger partial charge >= 0.3 is 0 Å². The molecule has 0 unspecified atom stereocenters. The second-order valence-electron chi connectivity index (χ2n) is 3.19. The van der Waals surface area contributed by atoms with Crippen molar-refractivity contribution < 1.29 is 4.42 Å². The standard InChI is InChI=1S/C11H13N3OS/c1-2-12-7-9-3-4-10(14-8-9)16-11-13-5-6-15-11/h3-6,8,12H,2,7H2,1H3. The van der Waals surface area contributed by atoms with Gasteiger partial charge in [0.2, 0.25) is 0 Å². The average molecular weight is 235 g/mol. The molecule has 2 aromatic heterocycles. The molecule has 1 N–H and O–H groups in total. The molecule has 2 heterocycles. The highest BCUT2D eigenvalue weighted by atomic mass is 32.2. The molecule has 0 saturated heterocycles. The number of nitrogens with one attached hydrogen (secondary N) is 1. The molecule has 84 valence electrons. The Morgan fingerprint density at radius 3 is 2.94 bits per heavy atom. The zero-order chi connectivity index (χ0) is 11.2. The van der Waals surface area contributed by atoms with Crippen molar-refractivity contribution in [3.8, 4) is 0 Å². The third kappa shape index (κ3) is 3.08. The summed E-state index contributed by atoms with van der Waals surface area (Å²) >= 11 is 1.42. The molecule has 0 aromatic carbocycles. The van der Waals surface area contributed by atoms with Crippen molar-refractivity contribution in [2.45, 2.75) is 23.7 Å². The Kier molecular flexibility index (Phi) is 3.96. The first-order valence-electron chi connectivity index (χ1n) is 5.11. The quantitative estimate of drug-likeness (QED) is 0.862. The van der Waals surface area contributed by atoms with E-state index in [-0.39, 0.29) is 0 Å². The number of hydrogen-bond acceptors (Lipinski definition) is 5. The van der Waals surface area contributed by atoms with Gasteiger partial charge in [-0.2, -0.15) is 0 Å². The van der Waals surface area contributed by atoms with Crippen LogP contribution < -0.4 is 5.32 Å². The van der Waals surface area contributed by atoms with Crippen LogP contribution >= 0.6 is 11.8 Å². The molecule has 0 aliphatic rings. The lowest BCUT2D eigenvalue weighted by Crippen LogP contribution is -2.11. The third-order valence-corrected chi connectivity index (χ3v) is 2.81. The van der Waals surface area contributed by atoms with Gasteiger partial charge in [0, 0.05) is 12.7 Å². The van der Waals surface area contributed by atoms with Crippen molar-refractivity contribution in [2.24, 2.45) is 0 Å². The van der Waals surface area contributed by atoms with Crippen LogP contribution in [0.3, 0.4) is 0 Å². The van der Waals surface area contributed by atoms with Crippen molar-refractivity contribution in [1.29, 1.82) is 0 Å². The second-order valence-corrected chi connectivity index (χ2v) is 4.16. The van der Waals surface area contributed by atoms with Crippen LogP contribution in [-0.4, -0.2) is 16.5 Å². The SMILES string of the molecule is CCNCc1ccc(Sc2ncco2)nc1. The van der Waals surface area contributed by atoms with Crippen LogP contribution in [0, 0.1) is 0 Å². The van der Waals surface area contributed by atoms with Crippen LogP contribution in [-0.2, 0) is 6.54 Å². The summed E-state index contributed by atoms with van der Waals surface area (Å²) in [4.78, 5) is 8.36. The number of hydrogen-bond donors (Lipinski definition) is 1. The van der Waals surface area contributed by atoms with E-state index in [1.54, 1.807) is 12.5 Å². The summed E-state index contributed by atoms with van der Waals surface area (Å²) in [5, 5.41) is 4.76. The summed E-state index contributed by atoms with van der Waals surface area (Å²) in [5.74, 6) is 0. The van der Waals surface area contributed by atoms with Crippen LogP contribution in [0.25, 0.3) is 0 Å². The minimum atomic E-state index is 0.618. The summed E-state index contributed by atoms with van der Waals surface area (Å²) in [6.45, 7) is 3.90. The van der Waals surface area contributed by atoms with Gasteiger partial charge in [-0.1, -0.05) is 13.0 Å². The summed E-state index contributed by atoms with van der Waals surface area (Å²) in [5.41, 5.74) is 1.18. The number of aromatic nitrogens is 2.